The molecule has 0 radical (unpaired) electrons. The van der Waals surface area contributed by atoms with Gasteiger partial charge in [-0.25, -0.2) is 0 Å². The molecule has 0 aliphatic carbocycles. The second kappa shape index (κ2) is 7.56. The minimum Gasteiger partial charge on any atom is -0.391 e. The van der Waals surface area contributed by atoms with Crippen LogP contribution >= 0.6 is 0 Å². The van der Waals surface area contributed by atoms with Crippen molar-refractivity contribution in [3.05, 3.63) is 0 Å². The smallest absolute Gasteiger partial charge is 0.0745 e. The van der Waals surface area contributed by atoms with E-state index in [1.807, 2.05) is 0 Å². The fraction of sp³-hybridized carbons (Fsp3) is 1.00. The Labute approximate surface area is 75.9 Å². The predicted molar refractivity (Wildman–Crippen MR) is 51.2 cm³/mol. The summed E-state index contributed by atoms with van der Waals surface area (Å²) in [5.41, 5.74) is 0. The van der Waals surface area contributed by atoms with Gasteiger partial charge in [-0.2, -0.15) is 0 Å². The Morgan fingerprint density at radius 3 is 2.00 bits per heavy atom. The molecule has 12 heavy (non-hydrogen) atoms. The quantitative estimate of drug-likeness (QED) is 0.642. The van der Waals surface area contributed by atoms with Crippen molar-refractivity contribution in [1.82, 2.24) is 0 Å². The van der Waals surface area contributed by atoms with Crippen LogP contribution in [-0.2, 0) is 4.74 Å². The van der Waals surface area contributed by atoms with Gasteiger partial charge in [-0.15, -0.1) is 0 Å². The number of hydrogen-bond donors (Lipinski definition) is 1. The summed E-state index contributed by atoms with van der Waals surface area (Å²) in [4.78, 5) is 0. The van der Waals surface area contributed by atoms with Gasteiger partial charge in [0.2, 0.25) is 0 Å². The van der Waals surface area contributed by atoms with E-state index in [0.29, 0.717) is 12.7 Å². The predicted octanol–water partition coefficient (Wildman–Crippen LogP) is 2.35. The van der Waals surface area contributed by atoms with E-state index in [1.165, 1.54) is 0 Å². The van der Waals surface area contributed by atoms with Crippen molar-refractivity contribution in [2.45, 2.75) is 58.7 Å². The van der Waals surface area contributed by atoms with Crippen LogP contribution in [0.3, 0.4) is 0 Å². The van der Waals surface area contributed by atoms with Crippen LogP contribution in [0.5, 0.6) is 0 Å². The van der Waals surface area contributed by atoms with Crippen LogP contribution < -0.4 is 0 Å². The van der Waals surface area contributed by atoms with E-state index < -0.39 is 0 Å². The zero-order valence-corrected chi connectivity index (χ0v) is 8.55. The Balaban J connectivity index is 3.48. The van der Waals surface area contributed by atoms with E-state index in [4.69, 9.17) is 9.84 Å². The van der Waals surface area contributed by atoms with E-state index in [-0.39, 0.29) is 6.10 Å². The molecule has 1 N–H and O–H groups in total. The van der Waals surface area contributed by atoms with Crippen LogP contribution in [0.25, 0.3) is 0 Å². The van der Waals surface area contributed by atoms with E-state index in [0.717, 1.165) is 25.7 Å². The molecule has 1 unspecified atom stereocenters. The van der Waals surface area contributed by atoms with Crippen molar-refractivity contribution in [1.29, 1.82) is 0 Å². The molecule has 0 bridgehead atoms. The zero-order chi connectivity index (χ0) is 9.40. The minimum absolute atomic E-state index is 0.332. The number of rotatable bonds is 7. The Morgan fingerprint density at radius 1 is 1.17 bits per heavy atom. The number of aliphatic hydroxyl groups excluding tert-OH is 1. The normalized spacial score (nSPS) is 13.8. The third-order valence-electron chi connectivity index (χ3n) is 1.79. The van der Waals surface area contributed by atoms with E-state index >= 15 is 0 Å². The Morgan fingerprint density at radius 2 is 1.67 bits per heavy atom. The first-order chi connectivity index (χ1) is 5.70. The molecule has 0 aliphatic heterocycles. The molecule has 0 spiro atoms. The molecule has 0 rings (SSSR count). The molecule has 1 atom stereocenters. The van der Waals surface area contributed by atoms with Crippen LogP contribution in [-0.4, -0.2) is 23.9 Å². The van der Waals surface area contributed by atoms with Crippen LogP contribution in [0, 0.1) is 0 Å². The third-order valence-corrected chi connectivity index (χ3v) is 1.79. The highest BCUT2D eigenvalue weighted by atomic mass is 16.5. The van der Waals surface area contributed by atoms with Crippen LogP contribution in [0.15, 0.2) is 0 Å². The average Bonchev–Trinajstić information content (AvgIpc) is 2.01. The van der Waals surface area contributed by atoms with Crippen molar-refractivity contribution < 1.29 is 9.84 Å². The van der Waals surface area contributed by atoms with Crippen molar-refractivity contribution in [2.75, 3.05) is 6.61 Å². The summed E-state index contributed by atoms with van der Waals surface area (Å²) < 4.78 is 5.53. The lowest BCUT2D eigenvalue weighted by atomic mass is 10.1. The topological polar surface area (TPSA) is 29.5 Å². The fourth-order valence-corrected chi connectivity index (χ4v) is 1.23. The Hall–Kier alpha value is -0.0800. The molecule has 0 amide bonds. The summed E-state index contributed by atoms with van der Waals surface area (Å²) in [6, 6.07) is 0. The second-order valence-electron chi connectivity index (χ2n) is 3.38. The molecule has 0 aromatic rings. The lowest BCUT2D eigenvalue weighted by Gasteiger charge is -2.17. The van der Waals surface area contributed by atoms with Crippen molar-refractivity contribution in [3.8, 4) is 0 Å². The molecular weight excluding hydrogens is 152 g/mol. The maximum absolute atomic E-state index is 9.01. The minimum atomic E-state index is -0.332. The lowest BCUT2D eigenvalue weighted by molar-refractivity contribution is -0.0103. The van der Waals surface area contributed by atoms with Gasteiger partial charge in [0.15, 0.2) is 0 Å². The maximum atomic E-state index is 9.01. The fourth-order valence-electron chi connectivity index (χ4n) is 1.23. The number of aliphatic hydroxyl groups is 1. The van der Waals surface area contributed by atoms with Gasteiger partial charge in [0.05, 0.1) is 18.8 Å². The van der Waals surface area contributed by atoms with Gasteiger partial charge in [0.25, 0.3) is 0 Å². The van der Waals surface area contributed by atoms with Crippen LogP contribution in [0.4, 0.5) is 0 Å². The molecule has 0 aliphatic rings. The van der Waals surface area contributed by atoms with Crippen molar-refractivity contribution in [2.24, 2.45) is 0 Å². The first kappa shape index (κ1) is 11.9. The van der Waals surface area contributed by atoms with Crippen LogP contribution in [0.1, 0.15) is 46.5 Å². The van der Waals surface area contributed by atoms with Gasteiger partial charge in [0.1, 0.15) is 0 Å². The highest BCUT2D eigenvalue weighted by molar-refractivity contribution is 4.57. The Bertz CT molecular complexity index is 85.8. The first-order valence-electron chi connectivity index (χ1n) is 5.00. The van der Waals surface area contributed by atoms with Gasteiger partial charge < -0.3 is 9.84 Å². The standard InChI is InChI=1S/C10H22O2/c1-4-6-10(7-5-2)12-8-9(3)11/h9-11H,4-8H2,1-3H3. The summed E-state index contributed by atoms with van der Waals surface area (Å²) in [6.45, 7) is 6.56. The zero-order valence-electron chi connectivity index (χ0n) is 8.55. The van der Waals surface area contributed by atoms with Gasteiger partial charge >= 0.3 is 0 Å². The Kier molecular flexibility index (Phi) is 7.51. The number of hydrogen-bond acceptors (Lipinski definition) is 2. The molecule has 2 heteroatoms. The van der Waals surface area contributed by atoms with Crippen LogP contribution in [0.2, 0.25) is 0 Å². The SMILES string of the molecule is CCCC(CCC)OCC(C)O. The molecule has 0 saturated heterocycles. The summed E-state index contributed by atoms with van der Waals surface area (Å²) in [5, 5.41) is 9.01. The summed E-state index contributed by atoms with van der Waals surface area (Å²) in [6.07, 6.45) is 4.56. The van der Waals surface area contributed by atoms with Gasteiger partial charge in [-0.1, -0.05) is 26.7 Å². The summed E-state index contributed by atoms with van der Waals surface area (Å²) >= 11 is 0. The molecular formula is C10H22O2. The molecule has 0 saturated carbocycles. The van der Waals surface area contributed by atoms with Gasteiger partial charge in [-0.3, -0.25) is 0 Å². The van der Waals surface area contributed by atoms with E-state index in [2.05, 4.69) is 13.8 Å². The second-order valence-corrected chi connectivity index (χ2v) is 3.38. The van der Waals surface area contributed by atoms with E-state index in [1.54, 1.807) is 6.92 Å². The molecule has 74 valence electrons. The highest BCUT2D eigenvalue weighted by Crippen LogP contribution is 2.09. The summed E-state index contributed by atoms with van der Waals surface area (Å²) in [7, 11) is 0. The molecule has 0 aromatic carbocycles. The van der Waals surface area contributed by atoms with Crippen molar-refractivity contribution in [3.63, 3.8) is 0 Å². The number of ether oxygens (including phenoxy) is 1. The maximum Gasteiger partial charge on any atom is 0.0745 e. The molecule has 0 aromatic heterocycles. The highest BCUT2D eigenvalue weighted by Gasteiger charge is 2.07. The molecule has 0 heterocycles. The van der Waals surface area contributed by atoms with E-state index in [9.17, 15) is 0 Å². The van der Waals surface area contributed by atoms with Gasteiger partial charge in [0, 0.05) is 0 Å². The van der Waals surface area contributed by atoms with Crippen molar-refractivity contribution >= 4 is 0 Å². The largest absolute Gasteiger partial charge is 0.391 e. The third kappa shape index (κ3) is 6.62. The summed E-state index contributed by atoms with van der Waals surface area (Å²) in [5.74, 6) is 0. The molecule has 0 fully saturated rings. The average molecular weight is 174 g/mol. The molecule has 2 nitrogen and oxygen atoms in total. The lowest BCUT2D eigenvalue weighted by Crippen LogP contribution is -2.19. The monoisotopic (exact) mass is 174 g/mol. The first-order valence-corrected chi connectivity index (χ1v) is 5.00. The van der Waals surface area contributed by atoms with Gasteiger partial charge in [-0.05, 0) is 19.8 Å².